The number of nitrogens with one attached hydrogen (secondary N) is 1. The number of benzene rings is 3. The van der Waals surface area contributed by atoms with Crippen LogP contribution in [-0.4, -0.2) is 15.7 Å². The van der Waals surface area contributed by atoms with Crippen LogP contribution in [0.4, 0.5) is 10.1 Å². The predicted octanol–water partition coefficient (Wildman–Crippen LogP) is 3.84. The normalized spacial score (nSPS) is 10.8. The van der Waals surface area contributed by atoms with E-state index in [2.05, 4.69) is 10.4 Å². The molecule has 0 aliphatic rings. The van der Waals surface area contributed by atoms with Crippen LogP contribution in [-0.2, 0) is 6.54 Å². The maximum atomic E-state index is 13.1. The molecule has 0 aliphatic heterocycles. The summed E-state index contributed by atoms with van der Waals surface area (Å²) >= 11 is 0. The minimum absolute atomic E-state index is 0.120. The second kappa shape index (κ2) is 7.44. The first-order chi connectivity index (χ1) is 13.6. The molecule has 0 fully saturated rings. The van der Waals surface area contributed by atoms with Crippen LogP contribution in [0.1, 0.15) is 16.1 Å². The summed E-state index contributed by atoms with van der Waals surface area (Å²) in [5, 5.41) is 8.94. The van der Waals surface area contributed by atoms with Crippen molar-refractivity contribution in [2.24, 2.45) is 0 Å². The van der Waals surface area contributed by atoms with Crippen molar-refractivity contribution in [1.29, 1.82) is 0 Å². The van der Waals surface area contributed by atoms with E-state index in [0.717, 1.165) is 10.8 Å². The number of fused-ring (bicyclic) bond motifs is 1. The summed E-state index contributed by atoms with van der Waals surface area (Å²) in [4.78, 5) is 24.8. The van der Waals surface area contributed by atoms with Crippen molar-refractivity contribution in [2.75, 3.05) is 5.32 Å². The maximum absolute atomic E-state index is 13.1. The van der Waals surface area contributed by atoms with Gasteiger partial charge in [0.15, 0.2) is 0 Å². The molecular formula is C22H16FN3O2. The number of nitrogens with zero attached hydrogens (tertiary/aromatic N) is 2. The van der Waals surface area contributed by atoms with Gasteiger partial charge in [-0.2, -0.15) is 5.10 Å². The van der Waals surface area contributed by atoms with E-state index in [1.165, 1.54) is 28.9 Å². The third-order valence-electron chi connectivity index (χ3n) is 4.38. The van der Waals surface area contributed by atoms with Crippen molar-refractivity contribution in [3.63, 3.8) is 0 Å². The first-order valence-electron chi connectivity index (χ1n) is 8.72. The van der Waals surface area contributed by atoms with Crippen molar-refractivity contribution in [1.82, 2.24) is 9.78 Å². The minimum Gasteiger partial charge on any atom is -0.320 e. The van der Waals surface area contributed by atoms with Gasteiger partial charge >= 0.3 is 0 Å². The second-order valence-corrected chi connectivity index (χ2v) is 6.32. The Bertz CT molecular complexity index is 1210. The quantitative estimate of drug-likeness (QED) is 0.591. The van der Waals surface area contributed by atoms with Gasteiger partial charge < -0.3 is 5.32 Å². The fourth-order valence-corrected chi connectivity index (χ4v) is 2.97. The molecule has 0 radical (unpaired) electrons. The lowest BCUT2D eigenvalue weighted by Crippen LogP contribution is -2.26. The number of carbonyl (C=O) groups excluding carboxylic acids is 1. The van der Waals surface area contributed by atoms with Crippen LogP contribution in [0, 0.1) is 5.82 Å². The molecule has 0 atom stereocenters. The highest BCUT2D eigenvalue weighted by atomic mass is 19.1. The number of aromatic nitrogens is 2. The first-order valence-corrected chi connectivity index (χ1v) is 8.72. The summed E-state index contributed by atoms with van der Waals surface area (Å²) in [7, 11) is 0. The van der Waals surface area contributed by atoms with Gasteiger partial charge in [0, 0.05) is 17.1 Å². The molecule has 0 saturated heterocycles. The van der Waals surface area contributed by atoms with E-state index in [9.17, 15) is 14.0 Å². The van der Waals surface area contributed by atoms with Crippen molar-refractivity contribution in [3.8, 4) is 0 Å². The third kappa shape index (κ3) is 3.66. The summed E-state index contributed by atoms with van der Waals surface area (Å²) < 4.78 is 14.2. The molecule has 4 aromatic rings. The Morgan fingerprint density at radius 2 is 1.68 bits per heavy atom. The number of carbonyl (C=O) groups is 1. The van der Waals surface area contributed by atoms with Gasteiger partial charge in [0.2, 0.25) is 0 Å². The van der Waals surface area contributed by atoms with Gasteiger partial charge in [0.05, 0.1) is 6.54 Å². The monoisotopic (exact) mass is 373 g/mol. The smallest absolute Gasteiger partial charge is 0.276 e. The van der Waals surface area contributed by atoms with E-state index < -0.39 is 5.91 Å². The first kappa shape index (κ1) is 17.6. The van der Waals surface area contributed by atoms with Crippen LogP contribution in [0.15, 0.2) is 83.7 Å². The predicted molar refractivity (Wildman–Crippen MR) is 106 cm³/mol. The maximum Gasteiger partial charge on any atom is 0.276 e. The summed E-state index contributed by atoms with van der Waals surface area (Å²) in [6, 6.07) is 21.8. The molecule has 0 unspecified atom stereocenters. The Hall–Kier alpha value is -3.80. The zero-order chi connectivity index (χ0) is 19.5. The van der Waals surface area contributed by atoms with Gasteiger partial charge in [-0.25, -0.2) is 9.07 Å². The van der Waals surface area contributed by atoms with E-state index in [1.807, 2.05) is 42.5 Å². The van der Waals surface area contributed by atoms with E-state index in [4.69, 9.17) is 0 Å². The van der Waals surface area contributed by atoms with Gasteiger partial charge in [0.25, 0.3) is 11.5 Å². The number of anilines is 1. The molecule has 1 N–H and O–H groups in total. The summed E-state index contributed by atoms with van der Waals surface area (Å²) in [5.74, 6) is -0.767. The molecule has 6 heteroatoms. The molecule has 1 heterocycles. The summed E-state index contributed by atoms with van der Waals surface area (Å²) in [6.07, 6.45) is 0. The average molecular weight is 373 g/mol. The summed E-state index contributed by atoms with van der Waals surface area (Å²) in [5.41, 5.74) is 1.16. The highest BCUT2D eigenvalue weighted by Gasteiger charge is 2.12. The largest absolute Gasteiger partial charge is 0.320 e. The Morgan fingerprint density at radius 3 is 2.50 bits per heavy atom. The van der Waals surface area contributed by atoms with E-state index >= 15 is 0 Å². The Labute approximate surface area is 160 Å². The van der Waals surface area contributed by atoms with Gasteiger partial charge in [-0.05, 0) is 35.2 Å². The molecule has 5 nitrogen and oxygen atoms in total. The summed E-state index contributed by atoms with van der Waals surface area (Å²) in [6.45, 7) is 0.147. The highest BCUT2D eigenvalue weighted by Crippen LogP contribution is 2.23. The molecule has 28 heavy (non-hydrogen) atoms. The fraction of sp³-hybridized carbons (Fsp3) is 0.0455. The third-order valence-corrected chi connectivity index (χ3v) is 4.38. The number of amides is 1. The second-order valence-electron chi connectivity index (χ2n) is 6.32. The van der Waals surface area contributed by atoms with Gasteiger partial charge in [-0.3, -0.25) is 9.59 Å². The van der Waals surface area contributed by atoms with Crippen molar-refractivity contribution >= 4 is 22.4 Å². The fourth-order valence-electron chi connectivity index (χ4n) is 2.97. The SMILES string of the molecule is O=C(Nc1cccc2ccccc12)c1ccc(=O)n(Cc2ccc(F)cc2)n1. The molecule has 3 aromatic carbocycles. The van der Waals surface area contributed by atoms with E-state index in [-0.39, 0.29) is 23.6 Å². The van der Waals surface area contributed by atoms with E-state index in [0.29, 0.717) is 11.3 Å². The standard InChI is InChI=1S/C22H16FN3O2/c23-17-10-8-15(9-11-17)14-26-21(27)13-12-20(25-26)22(28)24-19-7-3-5-16-4-1-2-6-18(16)19/h1-13H,14H2,(H,24,28). The van der Waals surface area contributed by atoms with Gasteiger partial charge in [-0.15, -0.1) is 0 Å². The van der Waals surface area contributed by atoms with Crippen LogP contribution < -0.4 is 10.9 Å². The van der Waals surface area contributed by atoms with Crippen LogP contribution >= 0.6 is 0 Å². The van der Waals surface area contributed by atoms with Crippen LogP contribution in [0.5, 0.6) is 0 Å². The van der Waals surface area contributed by atoms with Crippen molar-refractivity contribution in [2.45, 2.75) is 6.54 Å². The minimum atomic E-state index is -0.413. The van der Waals surface area contributed by atoms with Crippen LogP contribution in [0.2, 0.25) is 0 Å². The lowest BCUT2D eigenvalue weighted by molar-refractivity contribution is 0.102. The molecule has 0 saturated carbocycles. The average Bonchev–Trinajstić information content (AvgIpc) is 2.71. The Morgan fingerprint density at radius 1 is 0.929 bits per heavy atom. The van der Waals surface area contributed by atoms with Gasteiger partial charge in [0.1, 0.15) is 11.5 Å². The molecule has 0 spiro atoms. The molecule has 1 amide bonds. The van der Waals surface area contributed by atoms with Crippen molar-refractivity contribution in [3.05, 3.63) is 106 Å². The Kier molecular flexibility index (Phi) is 4.68. The highest BCUT2D eigenvalue weighted by molar-refractivity contribution is 6.08. The molecule has 0 bridgehead atoms. The molecule has 1 aromatic heterocycles. The topological polar surface area (TPSA) is 64.0 Å². The Balaban J connectivity index is 1.61. The molecule has 4 rings (SSSR count). The van der Waals surface area contributed by atoms with E-state index in [1.54, 1.807) is 12.1 Å². The lowest BCUT2D eigenvalue weighted by atomic mass is 10.1. The molecule has 0 aliphatic carbocycles. The van der Waals surface area contributed by atoms with Crippen LogP contribution in [0.25, 0.3) is 10.8 Å². The van der Waals surface area contributed by atoms with Crippen molar-refractivity contribution < 1.29 is 9.18 Å². The lowest BCUT2D eigenvalue weighted by Gasteiger charge is -2.10. The molecular weight excluding hydrogens is 357 g/mol. The zero-order valence-electron chi connectivity index (χ0n) is 14.8. The number of rotatable bonds is 4. The number of hydrogen-bond donors (Lipinski definition) is 1. The molecule has 138 valence electrons. The van der Waals surface area contributed by atoms with Gasteiger partial charge in [-0.1, -0.05) is 48.5 Å². The zero-order valence-corrected chi connectivity index (χ0v) is 14.8. The number of hydrogen-bond acceptors (Lipinski definition) is 3. The number of halogens is 1. The van der Waals surface area contributed by atoms with Crippen LogP contribution in [0.3, 0.4) is 0 Å².